The van der Waals surface area contributed by atoms with Crippen molar-refractivity contribution >= 4 is 11.1 Å². The summed E-state index contributed by atoms with van der Waals surface area (Å²) >= 11 is -2.03. The summed E-state index contributed by atoms with van der Waals surface area (Å²) in [4.78, 5) is 0. The summed E-state index contributed by atoms with van der Waals surface area (Å²) in [6.45, 7) is 0.118. The summed E-state index contributed by atoms with van der Waals surface area (Å²) < 4.78 is 20.7. The van der Waals surface area contributed by atoms with Gasteiger partial charge in [-0.25, -0.2) is 0 Å². The molecule has 0 aliphatic carbocycles. The van der Waals surface area contributed by atoms with E-state index in [1.165, 1.54) is 0 Å². The van der Waals surface area contributed by atoms with Crippen LogP contribution in [0.2, 0.25) is 0 Å². The van der Waals surface area contributed by atoms with E-state index in [-0.39, 0.29) is 12.4 Å². The molecule has 0 fully saturated rings. The lowest BCUT2D eigenvalue weighted by Gasteiger charge is -2.05. The van der Waals surface area contributed by atoms with Crippen LogP contribution in [-0.2, 0) is 23.3 Å². The highest BCUT2D eigenvalue weighted by Crippen LogP contribution is 2.06. The summed E-state index contributed by atoms with van der Waals surface area (Å²) in [6.07, 6.45) is 0.612. The molecule has 0 spiro atoms. The van der Waals surface area contributed by atoms with Crippen molar-refractivity contribution in [2.24, 2.45) is 0 Å². The van der Waals surface area contributed by atoms with Gasteiger partial charge >= 0.3 is 0 Å². The van der Waals surface area contributed by atoms with Crippen LogP contribution in [0, 0.1) is 0 Å². The Kier molecular flexibility index (Phi) is 4.08. The zero-order valence-corrected chi connectivity index (χ0v) is 7.92. The highest BCUT2D eigenvalue weighted by Gasteiger charge is 1.94. The number of rotatable bonds is 4. The molecule has 13 heavy (non-hydrogen) atoms. The second-order valence-corrected chi connectivity index (χ2v) is 3.63. The largest absolute Gasteiger partial charge is 0.772 e. The molecule has 0 bridgehead atoms. The van der Waals surface area contributed by atoms with E-state index in [2.05, 4.69) is 0 Å². The fraction of sp³-hybridized carbons (Fsp3) is 0.333. The van der Waals surface area contributed by atoms with Crippen molar-refractivity contribution in [1.82, 2.24) is 0 Å². The fourth-order valence-electron chi connectivity index (χ4n) is 1.07. The molecular weight excluding hydrogens is 188 g/mol. The van der Waals surface area contributed by atoms with Crippen molar-refractivity contribution < 1.29 is 13.9 Å². The van der Waals surface area contributed by atoms with Crippen LogP contribution in [0.1, 0.15) is 11.1 Å². The molecule has 1 N–H and O–H groups in total. The van der Waals surface area contributed by atoms with Crippen LogP contribution in [0.3, 0.4) is 0 Å². The number of aliphatic hydroxyl groups is 1. The maximum absolute atomic E-state index is 10.3. The Bertz CT molecular complexity index is 281. The second kappa shape index (κ2) is 5.11. The van der Waals surface area contributed by atoms with Gasteiger partial charge in [-0.15, -0.1) is 0 Å². The minimum atomic E-state index is -2.03. The highest BCUT2D eigenvalue weighted by atomic mass is 32.2. The van der Waals surface area contributed by atoms with Gasteiger partial charge in [0.2, 0.25) is 0 Å². The molecule has 1 aromatic carbocycles. The highest BCUT2D eigenvalue weighted by molar-refractivity contribution is 7.78. The molecule has 0 heterocycles. The van der Waals surface area contributed by atoms with Crippen molar-refractivity contribution in [3.05, 3.63) is 35.4 Å². The van der Waals surface area contributed by atoms with E-state index < -0.39 is 11.1 Å². The zero-order chi connectivity index (χ0) is 9.68. The Hall–Kier alpha value is -0.710. The minimum Gasteiger partial charge on any atom is -0.772 e. The molecule has 0 radical (unpaired) electrons. The first-order valence-corrected chi connectivity index (χ1v) is 5.21. The second-order valence-electron chi connectivity index (χ2n) is 2.74. The number of benzene rings is 1. The summed E-state index contributed by atoms with van der Waals surface area (Å²) in [5, 5.41) is 8.64. The van der Waals surface area contributed by atoms with Crippen LogP contribution in [0.15, 0.2) is 24.3 Å². The SMILES string of the molecule is O=S([O-])Cc1ccc(CCO)cc1. The van der Waals surface area contributed by atoms with E-state index in [4.69, 9.17) is 5.11 Å². The van der Waals surface area contributed by atoms with E-state index >= 15 is 0 Å². The minimum absolute atomic E-state index is 0.0550. The van der Waals surface area contributed by atoms with Crippen molar-refractivity contribution in [3.63, 3.8) is 0 Å². The molecule has 0 aromatic heterocycles. The smallest absolute Gasteiger partial charge is 0.0471 e. The molecular formula is C9H11O3S-. The van der Waals surface area contributed by atoms with Crippen LogP contribution in [0.4, 0.5) is 0 Å². The molecule has 1 unspecified atom stereocenters. The van der Waals surface area contributed by atoms with Crippen molar-refractivity contribution in [3.8, 4) is 0 Å². The van der Waals surface area contributed by atoms with Gasteiger partial charge in [-0.2, -0.15) is 0 Å². The third-order valence-electron chi connectivity index (χ3n) is 1.71. The summed E-state index contributed by atoms with van der Waals surface area (Å²) in [5.41, 5.74) is 1.79. The van der Waals surface area contributed by atoms with Crippen molar-refractivity contribution in [2.75, 3.05) is 6.61 Å². The maximum Gasteiger partial charge on any atom is 0.0471 e. The number of hydrogen-bond donors (Lipinski definition) is 1. The molecule has 1 aromatic rings. The monoisotopic (exact) mass is 199 g/mol. The first kappa shape index (κ1) is 10.4. The van der Waals surface area contributed by atoms with Crippen LogP contribution in [0.5, 0.6) is 0 Å². The average molecular weight is 199 g/mol. The normalized spacial score (nSPS) is 12.8. The molecule has 0 amide bonds. The standard InChI is InChI=1S/C9H12O3S/c10-6-5-8-1-3-9(4-2-8)7-13(11)12/h1-4,10H,5-7H2,(H,11,12)/p-1. The lowest BCUT2D eigenvalue weighted by Crippen LogP contribution is -1.95. The topological polar surface area (TPSA) is 60.4 Å². The molecule has 1 rings (SSSR count). The molecule has 4 heteroatoms. The number of aliphatic hydroxyl groups excluding tert-OH is 1. The van der Waals surface area contributed by atoms with Gasteiger partial charge in [0.15, 0.2) is 0 Å². The predicted molar refractivity (Wildman–Crippen MR) is 49.9 cm³/mol. The predicted octanol–water partition coefficient (Wildman–Crippen LogP) is 0.601. The van der Waals surface area contributed by atoms with Gasteiger partial charge in [-0.1, -0.05) is 35.3 Å². The summed E-state index contributed by atoms with van der Waals surface area (Å²) in [7, 11) is 0. The van der Waals surface area contributed by atoms with Gasteiger partial charge < -0.3 is 9.66 Å². The molecule has 0 saturated heterocycles. The quantitative estimate of drug-likeness (QED) is 0.722. The Morgan fingerprint density at radius 3 is 2.23 bits per heavy atom. The van der Waals surface area contributed by atoms with Gasteiger partial charge in [0.25, 0.3) is 0 Å². The van der Waals surface area contributed by atoms with Crippen LogP contribution >= 0.6 is 0 Å². The Morgan fingerprint density at radius 1 is 1.23 bits per heavy atom. The van der Waals surface area contributed by atoms with E-state index in [1.807, 2.05) is 12.1 Å². The molecule has 0 aliphatic heterocycles. The van der Waals surface area contributed by atoms with Crippen LogP contribution < -0.4 is 0 Å². The van der Waals surface area contributed by atoms with Gasteiger partial charge in [-0.3, -0.25) is 4.21 Å². The van der Waals surface area contributed by atoms with E-state index in [0.717, 1.165) is 11.1 Å². The lowest BCUT2D eigenvalue weighted by atomic mass is 10.1. The fourth-order valence-corrected chi connectivity index (χ4v) is 1.53. The molecule has 3 nitrogen and oxygen atoms in total. The van der Waals surface area contributed by atoms with Crippen molar-refractivity contribution in [2.45, 2.75) is 12.2 Å². The zero-order valence-electron chi connectivity index (χ0n) is 7.10. The Morgan fingerprint density at radius 2 is 1.77 bits per heavy atom. The average Bonchev–Trinajstić information content (AvgIpc) is 2.08. The first-order chi connectivity index (χ1) is 6.22. The van der Waals surface area contributed by atoms with Gasteiger partial charge in [0, 0.05) is 12.4 Å². The molecule has 0 aliphatic rings. The van der Waals surface area contributed by atoms with E-state index in [0.29, 0.717) is 6.42 Å². The number of hydrogen-bond acceptors (Lipinski definition) is 3. The molecule has 1 atom stereocenters. The van der Waals surface area contributed by atoms with Crippen LogP contribution in [-0.4, -0.2) is 20.5 Å². The Labute approximate surface area is 79.7 Å². The van der Waals surface area contributed by atoms with Crippen LogP contribution in [0.25, 0.3) is 0 Å². The van der Waals surface area contributed by atoms with Gasteiger partial charge in [0.1, 0.15) is 0 Å². The maximum atomic E-state index is 10.3. The van der Waals surface area contributed by atoms with E-state index in [1.54, 1.807) is 12.1 Å². The molecule has 0 saturated carbocycles. The third kappa shape index (κ3) is 3.67. The Balaban J connectivity index is 2.64. The van der Waals surface area contributed by atoms with Crippen molar-refractivity contribution in [1.29, 1.82) is 0 Å². The van der Waals surface area contributed by atoms with Gasteiger partial charge in [-0.05, 0) is 17.5 Å². The van der Waals surface area contributed by atoms with Gasteiger partial charge in [0.05, 0.1) is 0 Å². The third-order valence-corrected chi connectivity index (χ3v) is 2.28. The summed E-state index contributed by atoms with van der Waals surface area (Å²) in [5.74, 6) is 0.0550. The molecule has 72 valence electrons. The van der Waals surface area contributed by atoms with E-state index in [9.17, 15) is 8.76 Å². The lowest BCUT2D eigenvalue weighted by molar-refractivity contribution is 0.299. The first-order valence-electron chi connectivity index (χ1n) is 3.97. The summed E-state index contributed by atoms with van der Waals surface area (Å²) in [6, 6.07) is 7.19.